The van der Waals surface area contributed by atoms with Crippen molar-refractivity contribution in [1.82, 2.24) is 5.32 Å². The lowest BCUT2D eigenvalue weighted by molar-refractivity contribution is -0.132. The van der Waals surface area contributed by atoms with Crippen molar-refractivity contribution in [2.24, 2.45) is 0 Å². The van der Waals surface area contributed by atoms with Crippen LogP contribution in [-0.4, -0.2) is 57.3 Å². The van der Waals surface area contributed by atoms with Gasteiger partial charge in [-0.1, -0.05) is 226 Å². The molecule has 0 aromatic rings. The fourth-order valence-electron chi connectivity index (χ4n) is 7.05. The normalized spacial score (nSPS) is 14.2. The number of amides is 1. The van der Waals surface area contributed by atoms with Gasteiger partial charge in [0.05, 0.1) is 18.8 Å². The first-order valence-electron chi connectivity index (χ1n) is 21.9. The van der Waals surface area contributed by atoms with E-state index >= 15 is 0 Å². The molecule has 0 aromatic heterocycles. The fourth-order valence-corrected chi connectivity index (χ4v) is 7.05. The van der Waals surface area contributed by atoms with Gasteiger partial charge in [0.2, 0.25) is 5.91 Å². The SMILES string of the molecule is CCCCCCCCCCCCCCCCCCCCCCCCCCCCCCCCC(O)C(=O)NC(CO)C(O)C(O)CCCCC. The highest BCUT2D eigenvalue weighted by Gasteiger charge is 2.28. The molecule has 0 aliphatic rings. The van der Waals surface area contributed by atoms with E-state index in [9.17, 15) is 25.2 Å². The van der Waals surface area contributed by atoms with Gasteiger partial charge in [0.25, 0.3) is 0 Å². The highest BCUT2D eigenvalue weighted by Crippen LogP contribution is 2.17. The summed E-state index contributed by atoms with van der Waals surface area (Å²) in [5.74, 6) is -0.589. The first kappa shape index (κ1) is 48.3. The Morgan fingerprint density at radius 1 is 0.429 bits per heavy atom. The van der Waals surface area contributed by atoms with Crippen molar-refractivity contribution in [1.29, 1.82) is 0 Å². The molecule has 0 aromatic carbocycles. The van der Waals surface area contributed by atoms with Gasteiger partial charge in [-0.2, -0.15) is 0 Å². The van der Waals surface area contributed by atoms with Crippen LogP contribution in [0, 0.1) is 0 Å². The topological polar surface area (TPSA) is 110 Å². The van der Waals surface area contributed by atoms with E-state index in [0.29, 0.717) is 12.8 Å². The van der Waals surface area contributed by atoms with Crippen molar-refractivity contribution < 1.29 is 25.2 Å². The second-order valence-electron chi connectivity index (χ2n) is 15.4. The minimum Gasteiger partial charge on any atom is -0.394 e. The molecular weight excluding hydrogens is 610 g/mol. The van der Waals surface area contributed by atoms with Gasteiger partial charge in [0, 0.05) is 0 Å². The maximum Gasteiger partial charge on any atom is 0.249 e. The number of unbranched alkanes of at least 4 members (excludes halogenated alkanes) is 31. The predicted molar refractivity (Wildman–Crippen MR) is 210 cm³/mol. The molecule has 0 radical (unpaired) electrons. The first-order valence-corrected chi connectivity index (χ1v) is 21.9. The monoisotopic (exact) mass is 698 g/mol. The van der Waals surface area contributed by atoms with Crippen LogP contribution in [0.4, 0.5) is 0 Å². The molecule has 0 aliphatic heterocycles. The van der Waals surface area contributed by atoms with Crippen molar-refractivity contribution in [3.8, 4) is 0 Å². The zero-order valence-electron chi connectivity index (χ0n) is 33.0. The number of aliphatic hydroxyl groups excluding tert-OH is 4. The Morgan fingerprint density at radius 3 is 1.00 bits per heavy atom. The van der Waals surface area contributed by atoms with Crippen molar-refractivity contribution in [3.63, 3.8) is 0 Å². The van der Waals surface area contributed by atoms with E-state index in [1.165, 1.54) is 173 Å². The Bertz CT molecular complexity index is 662. The number of hydrogen-bond acceptors (Lipinski definition) is 5. The molecule has 4 atom stereocenters. The summed E-state index contributed by atoms with van der Waals surface area (Å²) in [5, 5.41) is 42.7. The van der Waals surface area contributed by atoms with Gasteiger partial charge in [-0.25, -0.2) is 0 Å². The van der Waals surface area contributed by atoms with E-state index in [1.807, 2.05) is 0 Å². The van der Waals surface area contributed by atoms with Crippen molar-refractivity contribution in [2.75, 3.05) is 6.61 Å². The largest absolute Gasteiger partial charge is 0.394 e. The third-order valence-electron chi connectivity index (χ3n) is 10.6. The van der Waals surface area contributed by atoms with Gasteiger partial charge in [-0.05, 0) is 12.8 Å². The van der Waals surface area contributed by atoms with Crippen LogP contribution in [0.5, 0.6) is 0 Å². The van der Waals surface area contributed by atoms with Crippen molar-refractivity contribution >= 4 is 5.91 Å². The number of carbonyl (C=O) groups is 1. The van der Waals surface area contributed by atoms with E-state index in [4.69, 9.17) is 0 Å². The second-order valence-corrected chi connectivity index (χ2v) is 15.4. The molecule has 5 N–H and O–H groups in total. The van der Waals surface area contributed by atoms with Crippen LogP contribution in [0.25, 0.3) is 0 Å². The van der Waals surface area contributed by atoms with Gasteiger partial charge in [0.1, 0.15) is 12.2 Å². The predicted octanol–water partition coefficient (Wildman–Crippen LogP) is 11.2. The standard InChI is InChI=1S/C43H87NO5/c1-3-5-7-8-9-10-11-12-13-14-15-16-17-18-19-20-21-22-23-24-25-26-27-28-29-30-31-32-33-35-37-41(47)43(49)44-39(38-45)42(48)40(46)36-34-6-4-2/h39-42,45-48H,3-38H2,1-2H3,(H,44,49). The van der Waals surface area contributed by atoms with E-state index in [1.54, 1.807) is 0 Å². The molecule has 0 bridgehead atoms. The molecule has 0 saturated heterocycles. The summed E-state index contributed by atoms with van der Waals surface area (Å²) in [7, 11) is 0. The first-order chi connectivity index (χ1) is 24.0. The molecule has 0 spiro atoms. The number of carbonyl (C=O) groups excluding carboxylic acids is 1. The average Bonchev–Trinajstić information content (AvgIpc) is 3.10. The van der Waals surface area contributed by atoms with Crippen LogP contribution in [0.3, 0.4) is 0 Å². The third-order valence-corrected chi connectivity index (χ3v) is 10.6. The third kappa shape index (κ3) is 32.9. The Labute approximate surface area is 305 Å². The summed E-state index contributed by atoms with van der Waals surface area (Å²) in [6, 6.07) is -0.975. The molecule has 4 unspecified atom stereocenters. The maximum absolute atomic E-state index is 12.3. The Hall–Kier alpha value is -0.690. The van der Waals surface area contributed by atoms with Crippen LogP contribution >= 0.6 is 0 Å². The van der Waals surface area contributed by atoms with Gasteiger partial charge in [0.15, 0.2) is 0 Å². The zero-order chi connectivity index (χ0) is 36.0. The summed E-state index contributed by atoms with van der Waals surface area (Å²) in [6.45, 7) is 3.87. The number of hydrogen-bond donors (Lipinski definition) is 5. The smallest absolute Gasteiger partial charge is 0.249 e. The summed E-state index contributed by atoms with van der Waals surface area (Å²) < 4.78 is 0. The van der Waals surface area contributed by atoms with Gasteiger partial charge >= 0.3 is 0 Å². The second kappa shape index (κ2) is 38.5. The molecule has 0 aliphatic carbocycles. The van der Waals surface area contributed by atoms with E-state index in [2.05, 4.69) is 19.2 Å². The minimum atomic E-state index is -1.25. The van der Waals surface area contributed by atoms with E-state index < -0.39 is 36.9 Å². The molecule has 0 fully saturated rings. The Morgan fingerprint density at radius 2 is 0.694 bits per heavy atom. The van der Waals surface area contributed by atoms with E-state index in [0.717, 1.165) is 38.5 Å². The summed E-state index contributed by atoms with van der Waals surface area (Å²) in [4.78, 5) is 12.3. The summed E-state index contributed by atoms with van der Waals surface area (Å²) in [5.41, 5.74) is 0. The van der Waals surface area contributed by atoms with Crippen LogP contribution in [0.2, 0.25) is 0 Å². The quantitative estimate of drug-likeness (QED) is 0.0409. The molecule has 0 heterocycles. The maximum atomic E-state index is 12.3. The van der Waals surface area contributed by atoms with Crippen molar-refractivity contribution in [3.05, 3.63) is 0 Å². The molecular formula is C43H87NO5. The average molecular weight is 698 g/mol. The van der Waals surface area contributed by atoms with Gasteiger partial charge < -0.3 is 25.7 Å². The number of aliphatic hydroxyl groups is 4. The molecule has 49 heavy (non-hydrogen) atoms. The van der Waals surface area contributed by atoms with Crippen LogP contribution < -0.4 is 5.32 Å². The van der Waals surface area contributed by atoms with Gasteiger partial charge in [-0.15, -0.1) is 0 Å². The zero-order valence-corrected chi connectivity index (χ0v) is 33.0. The lowest BCUT2D eigenvalue weighted by Gasteiger charge is -2.27. The van der Waals surface area contributed by atoms with Crippen molar-refractivity contribution in [2.45, 2.75) is 263 Å². The molecule has 1 amide bonds. The molecule has 294 valence electrons. The summed E-state index contributed by atoms with van der Waals surface area (Å²) >= 11 is 0. The van der Waals surface area contributed by atoms with Crippen LogP contribution in [-0.2, 0) is 4.79 Å². The van der Waals surface area contributed by atoms with Crippen LogP contribution in [0.15, 0.2) is 0 Å². The van der Waals surface area contributed by atoms with E-state index in [-0.39, 0.29) is 0 Å². The molecule has 6 nitrogen and oxygen atoms in total. The van der Waals surface area contributed by atoms with Gasteiger partial charge in [-0.3, -0.25) is 4.79 Å². The fraction of sp³-hybridized carbons (Fsp3) is 0.977. The lowest BCUT2D eigenvalue weighted by Crippen LogP contribution is -2.53. The Balaban J connectivity index is 3.40. The molecule has 0 saturated carbocycles. The number of rotatable bonds is 40. The highest BCUT2D eigenvalue weighted by molar-refractivity contribution is 5.80. The number of nitrogens with one attached hydrogen (secondary N) is 1. The minimum absolute atomic E-state index is 0.374. The van der Waals surface area contributed by atoms with Crippen LogP contribution in [0.1, 0.15) is 239 Å². The molecule has 0 rings (SSSR count). The highest BCUT2D eigenvalue weighted by atomic mass is 16.3. The summed E-state index contributed by atoms with van der Waals surface area (Å²) in [6.07, 6.45) is 41.1. The lowest BCUT2D eigenvalue weighted by atomic mass is 10.00. The molecule has 6 heteroatoms. The Kier molecular flexibility index (Phi) is 38.0.